The van der Waals surface area contributed by atoms with Gasteiger partial charge < -0.3 is 14.8 Å². The van der Waals surface area contributed by atoms with E-state index in [2.05, 4.69) is 5.32 Å². The summed E-state index contributed by atoms with van der Waals surface area (Å²) in [6, 6.07) is -0.935. The zero-order chi connectivity index (χ0) is 14.1. The monoisotopic (exact) mass is 260 g/mol. The number of carbonyl (C=O) groups excluding carboxylic acids is 2. The van der Waals surface area contributed by atoms with Crippen molar-refractivity contribution < 1.29 is 19.2 Å². The number of hydrogen-bond acceptors (Lipinski definition) is 5. The Labute approximate surface area is 106 Å². The summed E-state index contributed by atoms with van der Waals surface area (Å²) in [5.74, 6) is -0.429. The summed E-state index contributed by atoms with van der Waals surface area (Å²) in [7, 11) is 0. The molecule has 0 radical (unpaired) electrons. The number of carbonyl (C=O) groups is 2. The van der Waals surface area contributed by atoms with E-state index in [-0.39, 0.29) is 6.10 Å². The quantitative estimate of drug-likeness (QED) is 0.370. The first-order chi connectivity index (χ1) is 8.44. The SMILES string of the molecule is CCC(CC)O[C@H](C=O)[C@H](C[N+](=O)[O-])NC(C)=O. The molecule has 0 aromatic heterocycles. The van der Waals surface area contributed by atoms with E-state index in [1.165, 1.54) is 6.92 Å². The zero-order valence-electron chi connectivity index (χ0n) is 10.9. The number of hydrogen-bond donors (Lipinski definition) is 1. The number of nitrogens with one attached hydrogen (secondary N) is 1. The molecule has 104 valence electrons. The number of amides is 1. The zero-order valence-corrected chi connectivity index (χ0v) is 10.9. The van der Waals surface area contributed by atoms with Crippen molar-refractivity contribution in [1.82, 2.24) is 5.32 Å². The molecule has 0 aromatic rings. The summed E-state index contributed by atoms with van der Waals surface area (Å²) in [4.78, 5) is 31.9. The highest BCUT2D eigenvalue weighted by atomic mass is 16.6. The molecule has 7 nitrogen and oxygen atoms in total. The predicted octanol–water partition coefficient (Wildman–Crippen LogP) is 0.540. The number of nitro groups is 1. The Morgan fingerprint density at radius 2 is 2.00 bits per heavy atom. The molecule has 1 amide bonds. The Hall–Kier alpha value is -1.50. The van der Waals surface area contributed by atoms with E-state index in [0.717, 1.165) is 0 Å². The average molecular weight is 260 g/mol. The molecule has 0 saturated carbocycles. The van der Waals surface area contributed by atoms with Crippen molar-refractivity contribution in [3.8, 4) is 0 Å². The molecule has 0 aromatic carbocycles. The fourth-order valence-electron chi connectivity index (χ4n) is 1.58. The van der Waals surface area contributed by atoms with Crippen LogP contribution in [0.4, 0.5) is 0 Å². The second-order valence-corrected chi connectivity index (χ2v) is 4.00. The van der Waals surface area contributed by atoms with Gasteiger partial charge >= 0.3 is 0 Å². The number of ether oxygens (including phenoxy) is 1. The van der Waals surface area contributed by atoms with E-state index in [1.807, 2.05) is 13.8 Å². The lowest BCUT2D eigenvalue weighted by Gasteiger charge is -2.24. The van der Waals surface area contributed by atoms with Crippen LogP contribution in [0.3, 0.4) is 0 Å². The Morgan fingerprint density at radius 1 is 1.44 bits per heavy atom. The van der Waals surface area contributed by atoms with Crippen LogP contribution in [-0.2, 0) is 14.3 Å². The van der Waals surface area contributed by atoms with Gasteiger partial charge in [0.15, 0.2) is 6.29 Å². The minimum Gasteiger partial charge on any atom is -0.365 e. The lowest BCUT2D eigenvalue weighted by molar-refractivity contribution is -0.485. The molecule has 0 fully saturated rings. The predicted molar refractivity (Wildman–Crippen MR) is 64.8 cm³/mol. The van der Waals surface area contributed by atoms with Crippen LogP contribution in [0.15, 0.2) is 0 Å². The van der Waals surface area contributed by atoms with Crippen molar-refractivity contribution in [2.24, 2.45) is 0 Å². The summed E-state index contributed by atoms with van der Waals surface area (Å²) in [5, 5.41) is 12.9. The molecule has 7 heteroatoms. The van der Waals surface area contributed by atoms with Gasteiger partial charge in [0, 0.05) is 11.8 Å². The van der Waals surface area contributed by atoms with Gasteiger partial charge in [0.25, 0.3) is 0 Å². The third kappa shape index (κ3) is 6.29. The van der Waals surface area contributed by atoms with E-state index in [0.29, 0.717) is 19.1 Å². The second kappa shape index (κ2) is 8.57. The van der Waals surface area contributed by atoms with Crippen molar-refractivity contribution in [2.75, 3.05) is 6.54 Å². The first-order valence-electron chi connectivity index (χ1n) is 5.94. The average Bonchev–Trinajstić information content (AvgIpc) is 2.28. The van der Waals surface area contributed by atoms with Crippen LogP contribution in [0.25, 0.3) is 0 Å². The number of nitrogens with zero attached hydrogens (tertiary/aromatic N) is 1. The van der Waals surface area contributed by atoms with Crippen molar-refractivity contribution in [1.29, 1.82) is 0 Å². The van der Waals surface area contributed by atoms with Crippen LogP contribution in [0.5, 0.6) is 0 Å². The summed E-state index contributed by atoms with van der Waals surface area (Å²) in [5.41, 5.74) is 0. The minimum atomic E-state index is -0.996. The minimum absolute atomic E-state index is 0.150. The maximum atomic E-state index is 11.0. The van der Waals surface area contributed by atoms with Gasteiger partial charge in [0.05, 0.1) is 6.10 Å². The van der Waals surface area contributed by atoms with Crippen LogP contribution in [0.1, 0.15) is 33.6 Å². The number of aldehydes is 1. The number of rotatable bonds is 9. The van der Waals surface area contributed by atoms with Crippen molar-refractivity contribution in [3.63, 3.8) is 0 Å². The highest BCUT2D eigenvalue weighted by Gasteiger charge is 2.29. The Morgan fingerprint density at radius 3 is 2.33 bits per heavy atom. The summed E-state index contributed by atoms with van der Waals surface area (Å²) in [6.07, 6.45) is 0.757. The molecular formula is C11H20N2O5. The normalized spacial score (nSPS) is 14.0. The topological polar surface area (TPSA) is 98.5 Å². The molecule has 0 bridgehead atoms. The maximum absolute atomic E-state index is 11.0. The third-order valence-electron chi connectivity index (χ3n) is 2.53. The molecule has 2 atom stereocenters. The van der Waals surface area contributed by atoms with Crippen LogP contribution in [0.2, 0.25) is 0 Å². The van der Waals surface area contributed by atoms with E-state index < -0.39 is 29.5 Å². The van der Waals surface area contributed by atoms with Gasteiger partial charge in [-0.25, -0.2) is 0 Å². The fraction of sp³-hybridized carbons (Fsp3) is 0.818. The highest BCUT2D eigenvalue weighted by Crippen LogP contribution is 2.09. The molecule has 0 spiro atoms. The van der Waals surface area contributed by atoms with Gasteiger partial charge in [-0.05, 0) is 12.8 Å². The van der Waals surface area contributed by atoms with Crippen LogP contribution >= 0.6 is 0 Å². The first-order valence-corrected chi connectivity index (χ1v) is 5.94. The Kier molecular flexibility index (Phi) is 7.86. The van der Waals surface area contributed by atoms with Crippen LogP contribution in [-0.4, -0.2) is 41.9 Å². The van der Waals surface area contributed by atoms with E-state index in [1.54, 1.807) is 0 Å². The Bertz CT molecular complexity index is 275. The van der Waals surface area contributed by atoms with Crippen LogP contribution in [0, 0.1) is 10.1 Å². The molecule has 1 N–H and O–H groups in total. The van der Waals surface area contributed by atoms with Crippen LogP contribution < -0.4 is 5.32 Å². The standard InChI is InChI=1S/C11H20N2O5/c1-4-9(5-2)18-11(7-14)10(6-13(16)17)12-8(3)15/h7,9-11H,4-6H2,1-3H3,(H,12,15)/t10-,11+/m0/s1. The van der Waals surface area contributed by atoms with Crippen molar-refractivity contribution in [2.45, 2.75) is 51.9 Å². The fourth-order valence-corrected chi connectivity index (χ4v) is 1.58. The van der Waals surface area contributed by atoms with Gasteiger partial charge in [-0.15, -0.1) is 0 Å². The molecule has 0 heterocycles. The summed E-state index contributed by atoms with van der Waals surface area (Å²) in [6.45, 7) is 4.50. The van der Waals surface area contributed by atoms with Gasteiger partial charge in [-0.2, -0.15) is 0 Å². The molecule has 0 unspecified atom stereocenters. The largest absolute Gasteiger partial charge is 0.365 e. The molecule has 0 aliphatic carbocycles. The highest BCUT2D eigenvalue weighted by molar-refractivity contribution is 5.74. The van der Waals surface area contributed by atoms with Gasteiger partial charge in [0.1, 0.15) is 12.1 Å². The molecule has 0 saturated heterocycles. The summed E-state index contributed by atoms with van der Waals surface area (Å²) >= 11 is 0. The van der Waals surface area contributed by atoms with Crippen molar-refractivity contribution >= 4 is 12.2 Å². The van der Waals surface area contributed by atoms with Gasteiger partial charge in [0.2, 0.25) is 12.5 Å². The summed E-state index contributed by atoms with van der Waals surface area (Å²) < 4.78 is 5.47. The molecule has 0 aliphatic rings. The van der Waals surface area contributed by atoms with Gasteiger partial charge in [-0.3, -0.25) is 14.9 Å². The molecule has 0 rings (SSSR count). The maximum Gasteiger partial charge on any atom is 0.226 e. The van der Waals surface area contributed by atoms with Gasteiger partial charge in [-0.1, -0.05) is 13.8 Å². The second-order valence-electron chi connectivity index (χ2n) is 4.00. The van der Waals surface area contributed by atoms with E-state index >= 15 is 0 Å². The lowest BCUT2D eigenvalue weighted by Crippen LogP contribution is -2.49. The molecule has 18 heavy (non-hydrogen) atoms. The van der Waals surface area contributed by atoms with E-state index in [4.69, 9.17) is 4.74 Å². The van der Waals surface area contributed by atoms with Crippen molar-refractivity contribution in [3.05, 3.63) is 10.1 Å². The Balaban J connectivity index is 4.72. The molecule has 0 aliphatic heterocycles. The smallest absolute Gasteiger partial charge is 0.226 e. The molecular weight excluding hydrogens is 240 g/mol. The lowest BCUT2D eigenvalue weighted by atomic mass is 10.1. The third-order valence-corrected chi connectivity index (χ3v) is 2.53. The first kappa shape index (κ1) is 16.5. The van der Waals surface area contributed by atoms with E-state index in [9.17, 15) is 19.7 Å².